The molecule has 2 aliphatic heterocycles. The second-order valence-corrected chi connectivity index (χ2v) is 6.60. The maximum atomic E-state index is 5.59. The van der Waals surface area contributed by atoms with Gasteiger partial charge in [0.1, 0.15) is 17.6 Å². The highest BCUT2D eigenvalue weighted by atomic mass is 16.5. The first-order valence-electron chi connectivity index (χ1n) is 8.73. The van der Waals surface area contributed by atoms with Gasteiger partial charge in [0, 0.05) is 39.1 Å². The Labute approximate surface area is 145 Å². The maximum absolute atomic E-state index is 5.59. The number of hydrogen-bond acceptors (Lipinski definition) is 6. The number of aromatic nitrogens is 4. The van der Waals surface area contributed by atoms with E-state index in [1.807, 2.05) is 0 Å². The van der Waals surface area contributed by atoms with E-state index in [4.69, 9.17) is 4.74 Å². The number of fused-ring (bicyclic) bond motifs is 2. The first-order valence-corrected chi connectivity index (χ1v) is 8.73. The third kappa shape index (κ3) is 2.70. The number of nitrogens with one attached hydrogen (secondary N) is 1. The van der Waals surface area contributed by atoms with Crippen LogP contribution in [0.15, 0.2) is 30.9 Å². The lowest BCUT2D eigenvalue weighted by Crippen LogP contribution is -2.46. The molecule has 0 saturated carbocycles. The standard InChI is InChI=1S/C18H20N6O/c1-2-15-14(3-8-25-15)9-13(1)10-23-4-6-24(7-5-23)18-16-17(20-11-19-16)21-12-22-18/h1-2,9,11-12H,3-8,10H2,(H,19,20,21,22). The molecule has 25 heavy (non-hydrogen) atoms. The highest BCUT2D eigenvalue weighted by Crippen LogP contribution is 2.27. The molecule has 0 aliphatic carbocycles. The topological polar surface area (TPSA) is 70.2 Å². The Kier molecular flexibility index (Phi) is 3.52. The van der Waals surface area contributed by atoms with Crippen LogP contribution in [0.3, 0.4) is 0 Å². The minimum atomic E-state index is 0.729. The molecular weight excluding hydrogens is 316 g/mol. The number of benzene rings is 1. The van der Waals surface area contributed by atoms with Gasteiger partial charge in [-0.15, -0.1) is 0 Å². The molecule has 0 spiro atoms. The Balaban J connectivity index is 1.26. The molecule has 0 bridgehead atoms. The Morgan fingerprint density at radius 2 is 2.00 bits per heavy atom. The third-order valence-corrected chi connectivity index (χ3v) is 5.03. The van der Waals surface area contributed by atoms with Gasteiger partial charge in [-0.25, -0.2) is 15.0 Å². The van der Waals surface area contributed by atoms with Crippen LogP contribution >= 0.6 is 0 Å². The van der Waals surface area contributed by atoms with Gasteiger partial charge in [0.25, 0.3) is 0 Å². The predicted molar refractivity (Wildman–Crippen MR) is 94.8 cm³/mol. The van der Waals surface area contributed by atoms with Crippen molar-refractivity contribution in [1.29, 1.82) is 0 Å². The van der Waals surface area contributed by atoms with Crippen LogP contribution in [0, 0.1) is 0 Å². The summed E-state index contributed by atoms with van der Waals surface area (Å²) in [5, 5.41) is 0. The van der Waals surface area contributed by atoms with Crippen molar-refractivity contribution in [1.82, 2.24) is 24.8 Å². The van der Waals surface area contributed by atoms with E-state index >= 15 is 0 Å². The molecule has 2 aliphatic rings. The fourth-order valence-corrected chi connectivity index (χ4v) is 3.71. The lowest BCUT2D eigenvalue weighted by atomic mass is 10.1. The minimum absolute atomic E-state index is 0.729. The lowest BCUT2D eigenvalue weighted by molar-refractivity contribution is 0.249. The first-order chi connectivity index (χ1) is 12.4. The van der Waals surface area contributed by atoms with Crippen molar-refractivity contribution in [2.45, 2.75) is 13.0 Å². The van der Waals surface area contributed by atoms with Gasteiger partial charge in [-0.1, -0.05) is 12.1 Å². The average Bonchev–Trinajstić information content (AvgIpc) is 3.31. The van der Waals surface area contributed by atoms with Crippen molar-refractivity contribution in [2.24, 2.45) is 0 Å². The van der Waals surface area contributed by atoms with E-state index in [1.54, 1.807) is 12.7 Å². The van der Waals surface area contributed by atoms with Crippen LogP contribution in [0.25, 0.3) is 11.2 Å². The number of ether oxygens (including phenoxy) is 1. The van der Waals surface area contributed by atoms with E-state index in [2.05, 4.69) is 47.9 Å². The van der Waals surface area contributed by atoms with Crippen LogP contribution in [0.1, 0.15) is 11.1 Å². The number of hydrogen-bond donors (Lipinski definition) is 1. The summed E-state index contributed by atoms with van der Waals surface area (Å²) < 4.78 is 5.59. The van der Waals surface area contributed by atoms with E-state index in [0.717, 1.165) is 68.5 Å². The molecule has 2 aromatic heterocycles. The zero-order valence-electron chi connectivity index (χ0n) is 14.0. The molecule has 7 nitrogen and oxygen atoms in total. The van der Waals surface area contributed by atoms with Gasteiger partial charge in [-0.2, -0.15) is 0 Å². The summed E-state index contributed by atoms with van der Waals surface area (Å²) in [4.78, 5) is 20.8. The van der Waals surface area contributed by atoms with Gasteiger partial charge >= 0.3 is 0 Å². The van der Waals surface area contributed by atoms with E-state index in [-0.39, 0.29) is 0 Å². The summed E-state index contributed by atoms with van der Waals surface area (Å²) in [7, 11) is 0. The van der Waals surface area contributed by atoms with Crippen LogP contribution in [-0.2, 0) is 13.0 Å². The van der Waals surface area contributed by atoms with Crippen LogP contribution in [-0.4, -0.2) is 57.6 Å². The molecule has 1 aromatic carbocycles. The molecule has 7 heteroatoms. The highest BCUT2D eigenvalue weighted by molar-refractivity contribution is 5.82. The molecule has 1 saturated heterocycles. The molecule has 0 unspecified atom stereocenters. The predicted octanol–water partition coefficient (Wildman–Crippen LogP) is 1.61. The number of rotatable bonds is 3. The van der Waals surface area contributed by atoms with Crippen molar-refractivity contribution in [3.63, 3.8) is 0 Å². The van der Waals surface area contributed by atoms with Gasteiger partial charge in [-0.3, -0.25) is 4.90 Å². The molecule has 0 amide bonds. The van der Waals surface area contributed by atoms with E-state index < -0.39 is 0 Å². The Morgan fingerprint density at radius 3 is 2.92 bits per heavy atom. The molecule has 0 atom stereocenters. The molecule has 128 valence electrons. The Bertz CT molecular complexity index is 899. The second kappa shape index (κ2) is 6.00. The van der Waals surface area contributed by atoms with Crippen LogP contribution in [0.4, 0.5) is 5.82 Å². The summed E-state index contributed by atoms with van der Waals surface area (Å²) in [5.41, 5.74) is 4.37. The normalized spacial score (nSPS) is 17.7. The third-order valence-electron chi connectivity index (χ3n) is 5.03. The van der Waals surface area contributed by atoms with E-state index in [1.165, 1.54) is 11.1 Å². The second-order valence-electron chi connectivity index (χ2n) is 6.60. The zero-order valence-corrected chi connectivity index (χ0v) is 14.0. The zero-order chi connectivity index (χ0) is 16.6. The van der Waals surface area contributed by atoms with Crippen molar-refractivity contribution >= 4 is 17.0 Å². The number of aromatic amines is 1. The van der Waals surface area contributed by atoms with E-state index in [9.17, 15) is 0 Å². The highest BCUT2D eigenvalue weighted by Gasteiger charge is 2.21. The molecule has 4 heterocycles. The average molecular weight is 336 g/mol. The molecule has 0 radical (unpaired) electrons. The monoisotopic (exact) mass is 336 g/mol. The minimum Gasteiger partial charge on any atom is -0.493 e. The van der Waals surface area contributed by atoms with E-state index in [0.29, 0.717) is 0 Å². The molecule has 3 aromatic rings. The van der Waals surface area contributed by atoms with Crippen LogP contribution in [0.2, 0.25) is 0 Å². The van der Waals surface area contributed by atoms with Crippen LogP contribution in [0.5, 0.6) is 5.75 Å². The van der Waals surface area contributed by atoms with Crippen molar-refractivity contribution < 1.29 is 4.74 Å². The van der Waals surface area contributed by atoms with Crippen molar-refractivity contribution in [3.8, 4) is 5.75 Å². The van der Waals surface area contributed by atoms with Gasteiger partial charge < -0.3 is 14.6 Å². The summed E-state index contributed by atoms with van der Waals surface area (Å²) >= 11 is 0. The quantitative estimate of drug-likeness (QED) is 0.784. The summed E-state index contributed by atoms with van der Waals surface area (Å²) in [6, 6.07) is 6.60. The van der Waals surface area contributed by atoms with Crippen molar-refractivity contribution in [3.05, 3.63) is 42.0 Å². The molecule has 5 rings (SSSR count). The molecule has 1 N–H and O–H groups in total. The number of nitrogens with zero attached hydrogens (tertiary/aromatic N) is 5. The fourth-order valence-electron chi connectivity index (χ4n) is 3.71. The number of imidazole rings is 1. The molecular formula is C18H20N6O. The number of anilines is 1. The lowest BCUT2D eigenvalue weighted by Gasteiger charge is -2.35. The Morgan fingerprint density at radius 1 is 1.08 bits per heavy atom. The smallest absolute Gasteiger partial charge is 0.182 e. The number of piperazine rings is 1. The van der Waals surface area contributed by atoms with Gasteiger partial charge in [0.05, 0.1) is 12.9 Å². The number of H-pyrrole nitrogens is 1. The first kappa shape index (κ1) is 14.7. The van der Waals surface area contributed by atoms with Gasteiger partial charge in [0.15, 0.2) is 11.5 Å². The SMILES string of the molecule is c1nc(N2CCN(Cc3ccc4c(c3)CCO4)CC2)c2[nH]cnc2n1. The fraction of sp³-hybridized carbons (Fsp3) is 0.389. The van der Waals surface area contributed by atoms with Crippen LogP contribution < -0.4 is 9.64 Å². The Hall–Kier alpha value is -2.67. The summed E-state index contributed by atoms with van der Waals surface area (Å²) in [6.45, 7) is 5.77. The van der Waals surface area contributed by atoms with Gasteiger partial charge in [0.2, 0.25) is 0 Å². The largest absolute Gasteiger partial charge is 0.493 e. The summed E-state index contributed by atoms with van der Waals surface area (Å²) in [6.07, 6.45) is 4.30. The van der Waals surface area contributed by atoms with Crippen molar-refractivity contribution in [2.75, 3.05) is 37.7 Å². The maximum Gasteiger partial charge on any atom is 0.182 e. The molecule has 1 fully saturated rings. The van der Waals surface area contributed by atoms with Gasteiger partial charge in [-0.05, 0) is 17.2 Å². The summed E-state index contributed by atoms with van der Waals surface area (Å²) in [5.74, 6) is 2.01.